The second-order valence-corrected chi connectivity index (χ2v) is 5.61. The summed E-state index contributed by atoms with van der Waals surface area (Å²) in [6.45, 7) is 1.46. The highest BCUT2D eigenvalue weighted by molar-refractivity contribution is 5.66. The molecular formula is C14H24N2O2. The van der Waals surface area contributed by atoms with Gasteiger partial charge in [0, 0.05) is 19.8 Å². The smallest absolute Gasteiger partial charge is 0.304 e. The van der Waals surface area contributed by atoms with Crippen molar-refractivity contribution in [3.8, 4) is 0 Å². The van der Waals surface area contributed by atoms with Crippen LogP contribution in [0.2, 0.25) is 0 Å². The van der Waals surface area contributed by atoms with Crippen LogP contribution in [-0.2, 0) is 9.53 Å². The molecule has 0 saturated heterocycles. The van der Waals surface area contributed by atoms with Crippen molar-refractivity contribution in [2.75, 3.05) is 0 Å². The Bertz CT molecular complexity index is 303. The zero-order valence-electron chi connectivity index (χ0n) is 11.4. The predicted octanol–water partition coefficient (Wildman–Crippen LogP) is 3.99. The molecule has 2 saturated carbocycles. The number of nitrogens with zero attached hydrogens (tertiary/aromatic N) is 2. The molecule has 2 aliphatic rings. The van der Waals surface area contributed by atoms with E-state index in [4.69, 9.17) is 4.74 Å². The van der Waals surface area contributed by atoms with Gasteiger partial charge in [-0.3, -0.25) is 4.79 Å². The van der Waals surface area contributed by atoms with Crippen molar-refractivity contribution >= 4 is 5.97 Å². The lowest BCUT2D eigenvalue weighted by Crippen LogP contribution is -2.34. The second kappa shape index (κ2) is 6.30. The zero-order valence-corrected chi connectivity index (χ0v) is 11.4. The van der Waals surface area contributed by atoms with Gasteiger partial charge >= 0.3 is 5.97 Å². The number of rotatable bonds is 3. The predicted molar refractivity (Wildman–Crippen MR) is 69.3 cm³/mol. The Morgan fingerprint density at radius 1 is 1.06 bits per heavy atom. The molecule has 0 N–H and O–H groups in total. The van der Waals surface area contributed by atoms with Crippen LogP contribution >= 0.6 is 0 Å². The molecule has 4 nitrogen and oxygen atoms in total. The van der Waals surface area contributed by atoms with E-state index in [0.717, 1.165) is 38.5 Å². The van der Waals surface area contributed by atoms with Gasteiger partial charge in [-0.1, -0.05) is 25.7 Å². The molecule has 0 aromatic carbocycles. The summed E-state index contributed by atoms with van der Waals surface area (Å²) in [4.78, 5) is 11.2. The van der Waals surface area contributed by atoms with Crippen LogP contribution in [0.15, 0.2) is 10.2 Å². The van der Waals surface area contributed by atoms with Gasteiger partial charge in [-0.15, -0.1) is 5.11 Å². The van der Waals surface area contributed by atoms with E-state index in [0.29, 0.717) is 6.04 Å². The summed E-state index contributed by atoms with van der Waals surface area (Å²) >= 11 is 0. The van der Waals surface area contributed by atoms with Gasteiger partial charge in [0.25, 0.3) is 0 Å². The summed E-state index contributed by atoms with van der Waals surface area (Å²) in [5.41, 5.74) is -0.637. The van der Waals surface area contributed by atoms with Gasteiger partial charge in [0.1, 0.15) is 0 Å². The van der Waals surface area contributed by atoms with Gasteiger partial charge in [0.05, 0.1) is 6.04 Å². The molecule has 0 aromatic rings. The Balaban J connectivity index is 1.98. The summed E-state index contributed by atoms with van der Waals surface area (Å²) in [5, 5.41) is 8.94. The molecule has 2 rings (SSSR count). The van der Waals surface area contributed by atoms with E-state index in [1.54, 1.807) is 0 Å². The minimum atomic E-state index is -0.637. The number of carbonyl (C=O) groups excluding carboxylic acids is 1. The average Bonchev–Trinajstić information content (AvgIpc) is 2.38. The van der Waals surface area contributed by atoms with E-state index in [2.05, 4.69) is 10.2 Å². The highest BCUT2D eigenvalue weighted by Gasteiger charge is 2.35. The molecule has 4 heteroatoms. The van der Waals surface area contributed by atoms with Crippen molar-refractivity contribution in [3.05, 3.63) is 0 Å². The number of hydrogen-bond acceptors (Lipinski definition) is 4. The van der Waals surface area contributed by atoms with E-state index in [-0.39, 0.29) is 5.97 Å². The van der Waals surface area contributed by atoms with E-state index in [1.807, 2.05) is 0 Å². The van der Waals surface area contributed by atoms with Gasteiger partial charge < -0.3 is 4.74 Å². The van der Waals surface area contributed by atoms with Crippen LogP contribution in [0.3, 0.4) is 0 Å². The SMILES string of the molecule is CC(=O)OC1(N=NC2CCCCC2)CCCCC1. The maximum atomic E-state index is 11.2. The van der Waals surface area contributed by atoms with Crippen molar-refractivity contribution in [1.82, 2.24) is 0 Å². The van der Waals surface area contributed by atoms with E-state index in [9.17, 15) is 4.79 Å². The van der Waals surface area contributed by atoms with Gasteiger partial charge in [0.15, 0.2) is 0 Å². The van der Waals surface area contributed by atoms with Crippen molar-refractivity contribution in [2.45, 2.75) is 82.9 Å². The molecule has 2 aliphatic carbocycles. The van der Waals surface area contributed by atoms with Crippen molar-refractivity contribution in [1.29, 1.82) is 0 Å². The van der Waals surface area contributed by atoms with Gasteiger partial charge in [-0.25, -0.2) is 0 Å². The van der Waals surface area contributed by atoms with E-state index >= 15 is 0 Å². The monoisotopic (exact) mass is 252 g/mol. The van der Waals surface area contributed by atoms with Crippen LogP contribution in [0, 0.1) is 0 Å². The van der Waals surface area contributed by atoms with Gasteiger partial charge in [-0.2, -0.15) is 5.11 Å². The number of hydrogen-bond donors (Lipinski definition) is 0. The molecule has 0 radical (unpaired) electrons. The highest BCUT2D eigenvalue weighted by atomic mass is 16.6. The van der Waals surface area contributed by atoms with Crippen molar-refractivity contribution in [2.24, 2.45) is 10.2 Å². The van der Waals surface area contributed by atoms with Crippen LogP contribution in [0.5, 0.6) is 0 Å². The summed E-state index contributed by atoms with van der Waals surface area (Å²) in [6, 6.07) is 0.355. The zero-order chi connectivity index (χ0) is 12.8. The lowest BCUT2D eigenvalue weighted by molar-refractivity contribution is -0.160. The Morgan fingerprint density at radius 3 is 2.28 bits per heavy atom. The molecule has 0 spiro atoms. The summed E-state index contributed by atoms with van der Waals surface area (Å²) in [6.07, 6.45) is 11.1. The van der Waals surface area contributed by atoms with Gasteiger partial charge in [0.2, 0.25) is 5.72 Å². The average molecular weight is 252 g/mol. The Hall–Kier alpha value is -0.930. The summed E-state index contributed by atoms with van der Waals surface area (Å²) in [7, 11) is 0. The summed E-state index contributed by atoms with van der Waals surface area (Å²) in [5.74, 6) is -0.237. The van der Waals surface area contributed by atoms with E-state index < -0.39 is 5.72 Å². The number of ether oxygens (including phenoxy) is 1. The van der Waals surface area contributed by atoms with Crippen molar-refractivity contribution < 1.29 is 9.53 Å². The normalized spacial score (nSPS) is 25.2. The molecule has 0 aliphatic heterocycles. The third-order valence-electron chi connectivity index (χ3n) is 3.95. The second-order valence-electron chi connectivity index (χ2n) is 5.61. The molecule has 0 aromatic heterocycles. The molecule has 0 amide bonds. The van der Waals surface area contributed by atoms with Crippen molar-refractivity contribution in [3.63, 3.8) is 0 Å². The lowest BCUT2D eigenvalue weighted by atomic mass is 9.92. The molecule has 0 atom stereocenters. The molecule has 18 heavy (non-hydrogen) atoms. The molecule has 102 valence electrons. The number of azo groups is 1. The van der Waals surface area contributed by atoms with Crippen LogP contribution in [0.4, 0.5) is 0 Å². The number of esters is 1. The van der Waals surface area contributed by atoms with Crippen LogP contribution in [0.25, 0.3) is 0 Å². The minimum Gasteiger partial charge on any atom is -0.436 e. The first-order valence-corrected chi connectivity index (χ1v) is 7.32. The summed E-state index contributed by atoms with van der Waals surface area (Å²) < 4.78 is 5.47. The quantitative estimate of drug-likeness (QED) is 0.563. The van der Waals surface area contributed by atoms with Crippen LogP contribution in [-0.4, -0.2) is 17.7 Å². The Kier molecular flexibility index (Phi) is 4.72. The molecule has 0 unspecified atom stereocenters. The first-order valence-electron chi connectivity index (χ1n) is 7.32. The first kappa shape index (κ1) is 13.5. The molecule has 0 bridgehead atoms. The largest absolute Gasteiger partial charge is 0.436 e. The molecule has 2 fully saturated rings. The standard InChI is InChI=1S/C14H24N2O2/c1-12(17)18-14(10-6-3-7-11-14)16-15-13-8-4-2-5-9-13/h13H,2-11H2,1H3. The third kappa shape index (κ3) is 3.79. The molecule has 0 heterocycles. The minimum absolute atomic E-state index is 0.237. The third-order valence-corrected chi connectivity index (χ3v) is 3.95. The maximum Gasteiger partial charge on any atom is 0.304 e. The first-order chi connectivity index (χ1) is 8.70. The fourth-order valence-corrected chi connectivity index (χ4v) is 2.98. The fraction of sp³-hybridized carbons (Fsp3) is 0.929. The van der Waals surface area contributed by atoms with Crippen LogP contribution < -0.4 is 0 Å². The van der Waals surface area contributed by atoms with Crippen LogP contribution in [0.1, 0.15) is 71.1 Å². The molecular weight excluding hydrogens is 228 g/mol. The fourth-order valence-electron chi connectivity index (χ4n) is 2.98. The highest BCUT2D eigenvalue weighted by Crippen LogP contribution is 2.34. The number of carbonyl (C=O) groups is 1. The Morgan fingerprint density at radius 2 is 1.67 bits per heavy atom. The van der Waals surface area contributed by atoms with E-state index in [1.165, 1.54) is 32.6 Å². The lowest BCUT2D eigenvalue weighted by Gasteiger charge is -2.32. The maximum absolute atomic E-state index is 11.2. The topological polar surface area (TPSA) is 51.0 Å². The van der Waals surface area contributed by atoms with Gasteiger partial charge in [-0.05, 0) is 25.7 Å². The Labute approximate surface area is 109 Å².